The second-order valence-electron chi connectivity index (χ2n) is 3.87. The SMILES string of the molecule is Cn1c(Cl)nc2ncc(-c3ccccc3)cc21. The van der Waals surface area contributed by atoms with Crippen LogP contribution in [0.5, 0.6) is 0 Å². The van der Waals surface area contributed by atoms with Gasteiger partial charge in [0.1, 0.15) is 0 Å². The van der Waals surface area contributed by atoms with Crippen LogP contribution in [0.3, 0.4) is 0 Å². The van der Waals surface area contributed by atoms with Crippen molar-refractivity contribution in [3.63, 3.8) is 0 Å². The molecule has 0 aliphatic rings. The van der Waals surface area contributed by atoms with E-state index in [1.54, 1.807) is 0 Å². The summed E-state index contributed by atoms with van der Waals surface area (Å²) in [6, 6.07) is 12.2. The van der Waals surface area contributed by atoms with Gasteiger partial charge in [0, 0.05) is 18.8 Å². The van der Waals surface area contributed by atoms with Crippen molar-refractivity contribution in [1.29, 1.82) is 0 Å². The molecule has 0 radical (unpaired) electrons. The Kier molecular flexibility index (Phi) is 2.34. The number of aryl methyl sites for hydroxylation is 1. The normalized spacial score (nSPS) is 10.9. The van der Waals surface area contributed by atoms with Crippen LogP contribution in [0.4, 0.5) is 0 Å². The van der Waals surface area contributed by atoms with Crippen molar-refractivity contribution >= 4 is 22.8 Å². The third kappa shape index (κ3) is 1.68. The van der Waals surface area contributed by atoms with Crippen molar-refractivity contribution in [3.05, 3.63) is 47.9 Å². The standard InChI is InChI=1S/C13H10ClN3/c1-17-11-7-10(9-5-3-2-4-6-9)8-15-12(11)16-13(17)14/h2-8H,1H3. The highest BCUT2D eigenvalue weighted by Crippen LogP contribution is 2.23. The summed E-state index contributed by atoms with van der Waals surface area (Å²) in [5, 5.41) is 0.456. The van der Waals surface area contributed by atoms with E-state index in [4.69, 9.17) is 11.6 Å². The third-order valence-electron chi connectivity index (χ3n) is 2.79. The molecule has 0 amide bonds. The van der Waals surface area contributed by atoms with Gasteiger partial charge in [-0.25, -0.2) is 4.98 Å². The molecular formula is C13H10ClN3. The van der Waals surface area contributed by atoms with E-state index in [0.29, 0.717) is 10.9 Å². The lowest BCUT2D eigenvalue weighted by Crippen LogP contribution is -1.88. The predicted octanol–water partition coefficient (Wildman–Crippen LogP) is 3.29. The monoisotopic (exact) mass is 243 g/mol. The minimum atomic E-state index is 0.456. The lowest BCUT2D eigenvalue weighted by Gasteiger charge is -2.01. The number of hydrogen-bond donors (Lipinski definition) is 0. The van der Waals surface area contributed by atoms with Gasteiger partial charge >= 0.3 is 0 Å². The molecule has 4 heteroatoms. The van der Waals surface area contributed by atoms with Gasteiger partial charge in [0.2, 0.25) is 5.28 Å². The molecule has 0 spiro atoms. The maximum atomic E-state index is 5.96. The molecule has 0 saturated carbocycles. The van der Waals surface area contributed by atoms with Crippen LogP contribution in [-0.2, 0) is 7.05 Å². The second kappa shape index (κ2) is 3.86. The molecule has 0 unspecified atom stereocenters. The number of fused-ring (bicyclic) bond motifs is 1. The Morgan fingerprint density at radius 3 is 2.65 bits per heavy atom. The van der Waals surface area contributed by atoms with Crippen molar-refractivity contribution < 1.29 is 0 Å². The van der Waals surface area contributed by atoms with Gasteiger partial charge in [-0.05, 0) is 23.2 Å². The van der Waals surface area contributed by atoms with Crippen LogP contribution < -0.4 is 0 Å². The summed E-state index contributed by atoms with van der Waals surface area (Å²) >= 11 is 5.96. The van der Waals surface area contributed by atoms with Gasteiger partial charge in [0.15, 0.2) is 5.65 Å². The fourth-order valence-corrected chi connectivity index (χ4v) is 2.00. The quantitative estimate of drug-likeness (QED) is 0.657. The van der Waals surface area contributed by atoms with Crippen molar-refractivity contribution in [2.75, 3.05) is 0 Å². The fourth-order valence-electron chi connectivity index (χ4n) is 1.83. The Bertz CT molecular complexity index is 674. The van der Waals surface area contributed by atoms with E-state index in [-0.39, 0.29) is 0 Å². The first-order valence-corrected chi connectivity index (χ1v) is 5.67. The van der Waals surface area contributed by atoms with Crippen LogP contribution in [0, 0.1) is 0 Å². The van der Waals surface area contributed by atoms with E-state index < -0.39 is 0 Å². The van der Waals surface area contributed by atoms with E-state index in [0.717, 1.165) is 16.6 Å². The molecule has 0 aliphatic carbocycles. The molecule has 2 aromatic heterocycles. The highest BCUT2D eigenvalue weighted by molar-refractivity contribution is 6.29. The molecular weight excluding hydrogens is 234 g/mol. The zero-order chi connectivity index (χ0) is 11.8. The van der Waals surface area contributed by atoms with Gasteiger partial charge in [0.25, 0.3) is 0 Å². The summed E-state index contributed by atoms with van der Waals surface area (Å²) < 4.78 is 1.83. The van der Waals surface area contributed by atoms with E-state index in [1.165, 1.54) is 0 Å². The van der Waals surface area contributed by atoms with Crippen LogP contribution in [0.2, 0.25) is 5.28 Å². The molecule has 0 bridgehead atoms. The van der Waals surface area contributed by atoms with E-state index in [1.807, 2.05) is 36.0 Å². The average molecular weight is 244 g/mol. The van der Waals surface area contributed by atoms with E-state index in [2.05, 4.69) is 28.2 Å². The minimum absolute atomic E-state index is 0.456. The Labute approximate surface area is 104 Å². The molecule has 0 fully saturated rings. The number of aromatic nitrogens is 3. The topological polar surface area (TPSA) is 30.7 Å². The number of nitrogens with zero attached hydrogens (tertiary/aromatic N) is 3. The molecule has 3 rings (SSSR count). The van der Waals surface area contributed by atoms with Gasteiger partial charge < -0.3 is 4.57 Å². The summed E-state index contributed by atoms with van der Waals surface area (Å²) in [7, 11) is 1.88. The summed E-state index contributed by atoms with van der Waals surface area (Å²) in [6.45, 7) is 0. The third-order valence-corrected chi connectivity index (χ3v) is 3.13. The van der Waals surface area contributed by atoms with Gasteiger partial charge in [-0.2, -0.15) is 4.98 Å². The van der Waals surface area contributed by atoms with Crippen LogP contribution in [0.1, 0.15) is 0 Å². The van der Waals surface area contributed by atoms with Crippen LogP contribution >= 0.6 is 11.6 Å². The maximum Gasteiger partial charge on any atom is 0.205 e. The largest absolute Gasteiger partial charge is 0.316 e. The highest BCUT2D eigenvalue weighted by Gasteiger charge is 2.08. The van der Waals surface area contributed by atoms with Crippen molar-refractivity contribution in [2.45, 2.75) is 0 Å². The molecule has 0 aliphatic heterocycles. The smallest absolute Gasteiger partial charge is 0.205 e. The summed E-state index contributed by atoms with van der Waals surface area (Å²) in [5.74, 6) is 0. The molecule has 3 nitrogen and oxygen atoms in total. The number of rotatable bonds is 1. The first kappa shape index (κ1) is 10.3. The fraction of sp³-hybridized carbons (Fsp3) is 0.0769. The Hall–Kier alpha value is -1.87. The Morgan fingerprint density at radius 2 is 1.88 bits per heavy atom. The van der Waals surface area contributed by atoms with E-state index >= 15 is 0 Å². The first-order valence-electron chi connectivity index (χ1n) is 5.29. The number of imidazole rings is 1. The van der Waals surface area contributed by atoms with Crippen LogP contribution in [0.15, 0.2) is 42.6 Å². The van der Waals surface area contributed by atoms with Crippen molar-refractivity contribution in [2.24, 2.45) is 7.05 Å². The average Bonchev–Trinajstić information content (AvgIpc) is 2.66. The van der Waals surface area contributed by atoms with Crippen LogP contribution in [-0.4, -0.2) is 14.5 Å². The Balaban J connectivity index is 2.23. The predicted molar refractivity (Wildman–Crippen MR) is 69.0 cm³/mol. The second-order valence-corrected chi connectivity index (χ2v) is 4.21. The highest BCUT2D eigenvalue weighted by atomic mass is 35.5. The number of hydrogen-bond acceptors (Lipinski definition) is 2. The summed E-state index contributed by atoms with van der Waals surface area (Å²) in [6.07, 6.45) is 1.82. The Morgan fingerprint density at radius 1 is 1.12 bits per heavy atom. The zero-order valence-electron chi connectivity index (χ0n) is 9.26. The summed E-state index contributed by atoms with van der Waals surface area (Å²) in [4.78, 5) is 8.49. The van der Waals surface area contributed by atoms with Gasteiger partial charge in [-0.1, -0.05) is 30.3 Å². The first-order chi connectivity index (χ1) is 8.25. The van der Waals surface area contributed by atoms with Crippen molar-refractivity contribution in [3.8, 4) is 11.1 Å². The molecule has 3 aromatic rings. The molecule has 0 saturated heterocycles. The lowest BCUT2D eigenvalue weighted by atomic mass is 10.1. The minimum Gasteiger partial charge on any atom is -0.316 e. The lowest BCUT2D eigenvalue weighted by molar-refractivity contribution is 0.949. The molecule has 0 atom stereocenters. The van der Waals surface area contributed by atoms with Gasteiger partial charge in [-0.15, -0.1) is 0 Å². The molecule has 84 valence electrons. The number of halogens is 1. The van der Waals surface area contributed by atoms with Crippen molar-refractivity contribution in [1.82, 2.24) is 14.5 Å². The molecule has 2 heterocycles. The molecule has 1 aromatic carbocycles. The molecule has 0 N–H and O–H groups in total. The molecule has 17 heavy (non-hydrogen) atoms. The van der Waals surface area contributed by atoms with Gasteiger partial charge in [-0.3, -0.25) is 0 Å². The van der Waals surface area contributed by atoms with E-state index in [9.17, 15) is 0 Å². The summed E-state index contributed by atoms with van der Waals surface area (Å²) in [5.41, 5.74) is 3.82. The number of benzene rings is 1. The van der Waals surface area contributed by atoms with Crippen LogP contribution in [0.25, 0.3) is 22.3 Å². The maximum absolute atomic E-state index is 5.96. The zero-order valence-corrected chi connectivity index (χ0v) is 10.0. The number of pyridine rings is 1. The van der Waals surface area contributed by atoms with Gasteiger partial charge in [0.05, 0.1) is 5.52 Å².